The predicted molar refractivity (Wildman–Crippen MR) is 58.6 cm³/mol. The Morgan fingerprint density at radius 2 is 2.22 bits per heavy atom. The molecule has 0 bridgehead atoms. The van der Waals surface area contributed by atoms with Crippen molar-refractivity contribution in [1.29, 1.82) is 0 Å². The van der Waals surface area contributed by atoms with Gasteiger partial charge in [-0.05, 0) is 17.1 Å². The van der Waals surface area contributed by atoms with E-state index in [4.69, 9.17) is 4.74 Å². The first-order valence-corrected chi connectivity index (χ1v) is 5.08. The Labute approximate surface area is 101 Å². The van der Waals surface area contributed by atoms with Crippen LogP contribution in [0.4, 0.5) is 10.3 Å². The molecule has 1 heterocycles. The topological polar surface area (TPSA) is 83.1 Å². The molecule has 0 radical (unpaired) electrons. The Morgan fingerprint density at radius 3 is 2.89 bits per heavy atom. The number of nitrogens with zero attached hydrogens (tertiary/aromatic N) is 4. The summed E-state index contributed by atoms with van der Waals surface area (Å²) < 4.78 is 19.6. The van der Waals surface area contributed by atoms with Gasteiger partial charge < -0.3 is 14.9 Å². The highest BCUT2D eigenvalue weighted by Gasteiger charge is 2.12. The van der Waals surface area contributed by atoms with Crippen molar-refractivity contribution in [2.24, 2.45) is 0 Å². The van der Waals surface area contributed by atoms with Gasteiger partial charge in [-0.25, -0.2) is 4.39 Å². The molecular weight excluding hydrogens is 243 g/mol. The number of hydrogen-bond donors (Lipinski definition) is 0. The van der Waals surface area contributed by atoms with E-state index in [-0.39, 0.29) is 18.9 Å². The molecule has 0 aliphatic heterocycles. The average molecular weight is 252 g/mol. The van der Waals surface area contributed by atoms with Gasteiger partial charge in [0.05, 0.1) is 6.54 Å². The summed E-state index contributed by atoms with van der Waals surface area (Å²) in [6, 6.07) is 6.00. The molecule has 1 aromatic heterocycles. The third kappa shape index (κ3) is 2.78. The Hall–Kier alpha value is -2.51. The van der Waals surface area contributed by atoms with Gasteiger partial charge in [0.1, 0.15) is 6.61 Å². The summed E-state index contributed by atoms with van der Waals surface area (Å²) in [6.45, 7) is 0.386. The molecule has 2 rings (SSSR count). The SMILES string of the molecule is O=[N+]([O-])c1ncn(CCOc2ccccc2F)n1. The summed E-state index contributed by atoms with van der Waals surface area (Å²) in [6.07, 6.45) is 1.23. The summed E-state index contributed by atoms with van der Waals surface area (Å²) in [5.41, 5.74) is 0. The predicted octanol–water partition coefficient (Wildman–Crippen LogP) is 1.40. The van der Waals surface area contributed by atoms with Gasteiger partial charge in [-0.2, -0.15) is 4.68 Å². The first-order valence-electron chi connectivity index (χ1n) is 5.08. The smallest absolute Gasteiger partial charge is 0.489 e. The summed E-state index contributed by atoms with van der Waals surface area (Å²) >= 11 is 0. The van der Waals surface area contributed by atoms with E-state index in [0.717, 1.165) is 0 Å². The van der Waals surface area contributed by atoms with Gasteiger partial charge in [-0.3, -0.25) is 0 Å². The summed E-state index contributed by atoms with van der Waals surface area (Å²) in [5.74, 6) is -0.796. The highest BCUT2D eigenvalue weighted by atomic mass is 19.1. The van der Waals surface area contributed by atoms with Crippen LogP contribution in [0, 0.1) is 15.9 Å². The largest absolute Gasteiger partial charge is 0.490 e. The number of benzene rings is 1. The minimum atomic E-state index is -0.686. The molecule has 0 spiro atoms. The maximum absolute atomic E-state index is 13.2. The second-order valence-electron chi connectivity index (χ2n) is 3.34. The number of hydrogen-bond acceptors (Lipinski definition) is 5. The van der Waals surface area contributed by atoms with Crippen molar-refractivity contribution in [3.8, 4) is 5.75 Å². The molecule has 0 aliphatic carbocycles. The molecule has 8 heteroatoms. The monoisotopic (exact) mass is 252 g/mol. The fraction of sp³-hybridized carbons (Fsp3) is 0.200. The maximum Gasteiger partial charge on any atom is 0.490 e. The van der Waals surface area contributed by atoms with Gasteiger partial charge in [0.25, 0.3) is 0 Å². The number of halogens is 1. The number of aromatic nitrogens is 3. The molecule has 2 aromatic rings. The van der Waals surface area contributed by atoms with Crippen LogP contribution in [0.3, 0.4) is 0 Å². The third-order valence-corrected chi connectivity index (χ3v) is 2.10. The van der Waals surface area contributed by atoms with Crippen LogP contribution < -0.4 is 4.74 Å². The van der Waals surface area contributed by atoms with Crippen LogP contribution in [0.5, 0.6) is 5.75 Å². The number of nitro groups is 1. The quantitative estimate of drug-likeness (QED) is 0.593. The van der Waals surface area contributed by atoms with Crippen LogP contribution in [0.2, 0.25) is 0 Å². The Balaban J connectivity index is 1.88. The molecule has 18 heavy (non-hydrogen) atoms. The zero-order chi connectivity index (χ0) is 13.0. The van der Waals surface area contributed by atoms with Crippen LogP contribution in [-0.4, -0.2) is 26.3 Å². The van der Waals surface area contributed by atoms with E-state index < -0.39 is 16.7 Å². The minimum Gasteiger partial charge on any atom is -0.489 e. The number of rotatable bonds is 5. The fourth-order valence-electron chi connectivity index (χ4n) is 1.29. The molecule has 7 nitrogen and oxygen atoms in total. The normalized spacial score (nSPS) is 10.3. The summed E-state index contributed by atoms with van der Waals surface area (Å²) in [7, 11) is 0. The zero-order valence-electron chi connectivity index (χ0n) is 9.19. The second kappa shape index (κ2) is 5.21. The Bertz CT molecular complexity index is 558. The molecule has 0 atom stereocenters. The van der Waals surface area contributed by atoms with Crippen molar-refractivity contribution in [1.82, 2.24) is 14.8 Å². The molecule has 0 saturated carbocycles. The molecule has 0 N–H and O–H groups in total. The highest BCUT2D eigenvalue weighted by Crippen LogP contribution is 2.15. The molecule has 0 aliphatic rings. The van der Waals surface area contributed by atoms with E-state index in [9.17, 15) is 14.5 Å². The Kier molecular flexibility index (Phi) is 3.46. The number of para-hydroxylation sites is 1. The van der Waals surface area contributed by atoms with Crippen molar-refractivity contribution in [2.75, 3.05) is 6.61 Å². The van der Waals surface area contributed by atoms with Crippen molar-refractivity contribution in [3.63, 3.8) is 0 Å². The molecule has 0 unspecified atom stereocenters. The van der Waals surface area contributed by atoms with Crippen molar-refractivity contribution in [3.05, 3.63) is 46.5 Å². The lowest BCUT2D eigenvalue weighted by Gasteiger charge is -2.05. The zero-order valence-corrected chi connectivity index (χ0v) is 9.19. The Morgan fingerprint density at radius 1 is 1.44 bits per heavy atom. The van der Waals surface area contributed by atoms with Crippen LogP contribution in [0.25, 0.3) is 0 Å². The van der Waals surface area contributed by atoms with E-state index in [1.54, 1.807) is 12.1 Å². The lowest BCUT2D eigenvalue weighted by molar-refractivity contribution is -0.394. The van der Waals surface area contributed by atoms with Crippen LogP contribution >= 0.6 is 0 Å². The first kappa shape index (κ1) is 12.0. The maximum atomic E-state index is 13.2. The van der Waals surface area contributed by atoms with Crippen LogP contribution in [-0.2, 0) is 6.54 Å². The van der Waals surface area contributed by atoms with Gasteiger partial charge in [0, 0.05) is 5.10 Å². The average Bonchev–Trinajstić information content (AvgIpc) is 2.80. The molecule has 94 valence electrons. The van der Waals surface area contributed by atoms with Gasteiger partial charge in [0.2, 0.25) is 6.33 Å². The highest BCUT2D eigenvalue weighted by molar-refractivity contribution is 5.23. The van der Waals surface area contributed by atoms with Crippen molar-refractivity contribution in [2.45, 2.75) is 6.54 Å². The minimum absolute atomic E-state index is 0.132. The van der Waals surface area contributed by atoms with E-state index in [0.29, 0.717) is 0 Å². The van der Waals surface area contributed by atoms with Crippen LogP contribution in [0.1, 0.15) is 0 Å². The lowest BCUT2D eigenvalue weighted by Crippen LogP contribution is -2.09. The third-order valence-electron chi connectivity index (χ3n) is 2.10. The van der Waals surface area contributed by atoms with Crippen molar-refractivity contribution < 1.29 is 14.1 Å². The standard InChI is InChI=1S/C10H9FN4O3/c11-8-3-1-2-4-9(8)18-6-5-14-7-12-10(13-14)15(16)17/h1-4,7H,5-6H2. The molecule has 0 fully saturated rings. The van der Waals surface area contributed by atoms with Gasteiger partial charge in [-0.1, -0.05) is 17.1 Å². The van der Waals surface area contributed by atoms with Crippen molar-refractivity contribution >= 4 is 5.95 Å². The van der Waals surface area contributed by atoms with E-state index in [1.165, 1.54) is 23.1 Å². The van der Waals surface area contributed by atoms with Gasteiger partial charge >= 0.3 is 5.95 Å². The number of ether oxygens (including phenoxy) is 1. The molecule has 0 saturated heterocycles. The first-order chi connectivity index (χ1) is 8.66. The lowest BCUT2D eigenvalue weighted by atomic mass is 10.3. The molecule has 0 amide bonds. The summed E-state index contributed by atoms with van der Waals surface area (Å²) in [4.78, 5) is 13.1. The summed E-state index contributed by atoms with van der Waals surface area (Å²) in [5, 5.41) is 13.9. The van der Waals surface area contributed by atoms with Crippen LogP contribution in [0.15, 0.2) is 30.6 Å². The van der Waals surface area contributed by atoms with E-state index in [2.05, 4.69) is 10.1 Å². The van der Waals surface area contributed by atoms with E-state index >= 15 is 0 Å². The van der Waals surface area contributed by atoms with E-state index in [1.807, 2.05) is 0 Å². The van der Waals surface area contributed by atoms with Gasteiger partial charge in [-0.15, -0.1) is 0 Å². The fourth-order valence-corrected chi connectivity index (χ4v) is 1.29. The van der Waals surface area contributed by atoms with Gasteiger partial charge in [0.15, 0.2) is 11.6 Å². The second-order valence-corrected chi connectivity index (χ2v) is 3.34. The molecule has 1 aromatic carbocycles. The molecular formula is C10H9FN4O3.